The summed E-state index contributed by atoms with van der Waals surface area (Å²) in [6.45, 7) is 0. The standard InChI is InChI=1S/C10H7NO4S/c1-15-10(12)8-5-6-3-2-4-7(11(13)14)9(6)16-8/h2-5H,1H3. The van der Waals surface area contributed by atoms with Gasteiger partial charge in [-0.2, -0.15) is 0 Å². The number of carbonyl (C=O) groups excluding carboxylic acids is 1. The Bertz CT molecular complexity index is 575. The Kier molecular flexibility index (Phi) is 2.57. The molecule has 0 radical (unpaired) electrons. The number of hydrogen-bond acceptors (Lipinski definition) is 5. The molecule has 82 valence electrons. The second-order valence-corrected chi connectivity index (χ2v) is 4.11. The van der Waals surface area contributed by atoms with Crippen molar-refractivity contribution in [1.82, 2.24) is 0 Å². The zero-order valence-electron chi connectivity index (χ0n) is 8.30. The summed E-state index contributed by atoms with van der Waals surface area (Å²) in [6, 6.07) is 6.33. The van der Waals surface area contributed by atoms with E-state index in [1.54, 1.807) is 18.2 Å². The number of non-ortho nitro benzene ring substituents is 1. The van der Waals surface area contributed by atoms with Crippen molar-refractivity contribution in [2.24, 2.45) is 0 Å². The summed E-state index contributed by atoms with van der Waals surface area (Å²) in [6.07, 6.45) is 0. The van der Waals surface area contributed by atoms with Crippen molar-refractivity contribution >= 4 is 33.1 Å². The number of benzene rings is 1. The van der Waals surface area contributed by atoms with E-state index in [4.69, 9.17) is 0 Å². The molecule has 6 heteroatoms. The van der Waals surface area contributed by atoms with E-state index in [9.17, 15) is 14.9 Å². The normalized spacial score (nSPS) is 10.3. The van der Waals surface area contributed by atoms with Gasteiger partial charge in [0, 0.05) is 11.5 Å². The lowest BCUT2D eigenvalue weighted by Crippen LogP contribution is -1.96. The molecule has 1 aromatic heterocycles. The van der Waals surface area contributed by atoms with Crippen molar-refractivity contribution in [3.63, 3.8) is 0 Å². The summed E-state index contributed by atoms with van der Waals surface area (Å²) < 4.78 is 5.06. The molecule has 0 bridgehead atoms. The van der Waals surface area contributed by atoms with E-state index in [0.29, 0.717) is 15.0 Å². The SMILES string of the molecule is COC(=O)c1cc2cccc([N+](=O)[O-])c2s1. The van der Waals surface area contributed by atoms with Crippen LogP contribution in [0.4, 0.5) is 5.69 Å². The lowest BCUT2D eigenvalue weighted by atomic mass is 10.2. The van der Waals surface area contributed by atoms with Gasteiger partial charge in [0.1, 0.15) is 9.58 Å². The van der Waals surface area contributed by atoms with Crippen LogP contribution in [0.5, 0.6) is 0 Å². The van der Waals surface area contributed by atoms with Crippen LogP contribution in [0.2, 0.25) is 0 Å². The van der Waals surface area contributed by atoms with Crippen molar-refractivity contribution in [2.45, 2.75) is 0 Å². The van der Waals surface area contributed by atoms with E-state index in [-0.39, 0.29) is 5.69 Å². The topological polar surface area (TPSA) is 69.4 Å². The van der Waals surface area contributed by atoms with Gasteiger partial charge in [0.05, 0.1) is 12.0 Å². The number of rotatable bonds is 2. The second kappa shape index (κ2) is 3.90. The zero-order chi connectivity index (χ0) is 11.7. The van der Waals surface area contributed by atoms with Gasteiger partial charge >= 0.3 is 5.97 Å². The third kappa shape index (κ3) is 1.63. The Morgan fingerprint density at radius 2 is 2.25 bits per heavy atom. The Morgan fingerprint density at radius 3 is 2.88 bits per heavy atom. The Labute approximate surface area is 94.4 Å². The first-order valence-electron chi connectivity index (χ1n) is 4.38. The fourth-order valence-corrected chi connectivity index (χ4v) is 2.46. The number of methoxy groups -OCH3 is 1. The van der Waals surface area contributed by atoms with Gasteiger partial charge in [0.15, 0.2) is 0 Å². The molecule has 1 aromatic carbocycles. The second-order valence-electron chi connectivity index (χ2n) is 3.05. The number of carbonyl (C=O) groups is 1. The van der Waals surface area contributed by atoms with E-state index < -0.39 is 10.9 Å². The van der Waals surface area contributed by atoms with Crippen molar-refractivity contribution in [2.75, 3.05) is 7.11 Å². The molecule has 0 unspecified atom stereocenters. The number of esters is 1. The third-order valence-electron chi connectivity index (χ3n) is 2.11. The number of nitro benzene ring substituents is 1. The molecule has 2 rings (SSSR count). The van der Waals surface area contributed by atoms with Crippen LogP contribution in [0.3, 0.4) is 0 Å². The molecule has 16 heavy (non-hydrogen) atoms. The van der Waals surface area contributed by atoms with Crippen LogP contribution in [-0.4, -0.2) is 18.0 Å². The molecule has 0 aliphatic heterocycles. The number of nitrogens with zero attached hydrogens (tertiary/aromatic N) is 1. The highest BCUT2D eigenvalue weighted by molar-refractivity contribution is 7.21. The maximum atomic E-state index is 11.3. The number of fused-ring (bicyclic) bond motifs is 1. The van der Waals surface area contributed by atoms with Crippen molar-refractivity contribution in [3.8, 4) is 0 Å². The van der Waals surface area contributed by atoms with Gasteiger partial charge in [-0.1, -0.05) is 12.1 Å². The van der Waals surface area contributed by atoms with Gasteiger partial charge < -0.3 is 4.74 Å². The highest BCUT2D eigenvalue weighted by Crippen LogP contribution is 2.33. The molecule has 0 spiro atoms. The van der Waals surface area contributed by atoms with Crippen LogP contribution in [-0.2, 0) is 4.74 Å². The van der Waals surface area contributed by atoms with Gasteiger partial charge in [0.25, 0.3) is 5.69 Å². The molecule has 0 atom stereocenters. The lowest BCUT2D eigenvalue weighted by molar-refractivity contribution is -0.382. The van der Waals surface area contributed by atoms with Crippen LogP contribution < -0.4 is 0 Å². The van der Waals surface area contributed by atoms with Crippen LogP contribution >= 0.6 is 11.3 Å². The molecule has 0 amide bonds. The Hall–Kier alpha value is -1.95. The fourth-order valence-electron chi connectivity index (χ4n) is 1.39. The average molecular weight is 237 g/mol. The Balaban J connectivity index is 2.65. The fraction of sp³-hybridized carbons (Fsp3) is 0.100. The van der Waals surface area contributed by atoms with E-state index in [2.05, 4.69) is 4.74 Å². The minimum Gasteiger partial charge on any atom is -0.465 e. The number of thiophene rings is 1. The van der Waals surface area contributed by atoms with E-state index in [1.165, 1.54) is 13.2 Å². The van der Waals surface area contributed by atoms with Crippen molar-refractivity contribution < 1.29 is 14.5 Å². The maximum Gasteiger partial charge on any atom is 0.348 e. The minimum atomic E-state index is -0.476. The summed E-state index contributed by atoms with van der Waals surface area (Å²) in [4.78, 5) is 22.0. The van der Waals surface area contributed by atoms with E-state index in [1.807, 2.05) is 0 Å². The summed E-state index contributed by atoms with van der Waals surface area (Å²) in [5.74, 6) is -0.476. The molecule has 0 N–H and O–H groups in total. The quantitative estimate of drug-likeness (QED) is 0.457. The first-order chi connectivity index (χ1) is 7.63. The van der Waals surface area contributed by atoms with Gasteiger partial charge in [-0.15, -0.1) is 11.3 Å². The molecular formula is C10H7NO4S. The van der Waals surface area contributed by atoms with Crippen LogP contribution in [0.1, 0.15) is 9.67 Å². The predicted molar refractivity (Wildman–Crippen MR) is 59.8 cm³/mol. The lowest BCUT2D eigenvalue weighted by Gasteiger charge is -1.91. The monoisotopic (exact) mass is 237 g/mol. The van der Waals surface area contributed by atoms with Gasteiger partial charge in [0.2, 0.25) is 0 Å². The van der Waals surface area contributed by atoms with Crippen LogP contribution in [0.15, 0.2) is 24.3 Å². The number of nitro groups is 1. The highest BCUT2D eigenvalue weighted by Gasteiger charge is 2.17. The van der Waals surface area contributed by atoms with Crippen LogP contribution in [0, 0.1) is 10.1 Å². The maximum absolute atomic E-state index is 11.3. The molecule has 5 nitrogen and oxygen atoms in total. The summed E-state index contributed by atoms with van der Waals surface area (Å²) in [5.41, 5.74) is 0.0117. The summed E-state index contributed by atoms with van der Waals surface area (Å²) in [5, 5.41) is 11.4. The molecular weight excluding hydrogens is 230 g/mol. The van der Waals surface area contributed by atoms with E-state index >= 15 is 0 Å². The minimum absolute atomic E-state index is 0.0117. The van der Waals surface area contributed by atoms with E-state index in [0.717, 1.165) is 11.3 Å². The molecule has 1 heterocycles. The van der Waals surface area contributed by atoms with Gasteiger partial charge in [-0.05, 0) is 6.07 Å². The third-order valence-corrected chi connectivity index (χ3v) is 3.26. The van der Waals surface area contributed by atoms with Crippen LogP contribution in [0.25, 0.3) is 10.1 Å². The Morgan fingerprint density at radius 1 is 1.50 bits per heavy atom. The largest absolute Gasteiger partial charge is 0.465 e. The number of ether oxygens (including phenoxy) is 1. The summed E-state index contributed by atoms with van der Waals surface area (Å²) in [7, 11) is 1.28. The zero-order valence-corrected chi connectivity index (χ0v) is 9.11. The highest BCUT2D eigenvalue weighted by atomic mass is 32.1. The molecule has 0 fully saturated rings. The van der Waals surface area contributed by atoms with Crippen molar-refractivity contribution in [1.29, 1.82) is 0 Å². The molecule has 0 saturated heterocycles. The van der Waals surface area contributed by atoms with Gasteiger partial charge in [-0.25, -0.2) is 4.79 Å². The van der Waals surface area contributed by atoms with Gasteiger partial charge in [-0.3, -0.25) is 10.1 Å². The average Bonchev–Trinajstić information content (AvgIpc) is 2.70. The molecule has 2 aromatic rings. The van der Waals surface area contributed by atoms with Crippen molar-refractivity contribution in [3.05, 3.63) is 39.3 Å². The first-order valence-corrected chi connectivity index (χ1v) is 5.20. The number of hydrogen-bond donors (Lipinski definition) is 0. The smallest absolute Gasteiger partial charge is 0.348 e. The first kappa shape index (κ1) is 10.6. The predicted octanol–water partition coefficient (Wildman–Crippen LogP) is 2.60. The molecule has 0 aliphatic carbocycles. The summed E-state index contributed by atoms with van der Waals surface area (Å²) >= 11 is 1.07. The molecule has 0 saturated carbocycles. The molecule has 0 aliphatic rings.